The van der Waals surface area contributed by atoms with E-state index in [4.69, 9.17) is 4.74 Å². The minimum atomic E-state index is -0.495. The number of H-pyrrole nitrogens is 2. The Hall–Kier alpha value is -2.24. The number of rotatable bonds is 2. The third-order valence-corrected chi connectivity index (χ3v) is 2.01. The first-order valence-corrected chi connectivity index (χ1v) is 4.26. The van der Waals surface area contributed by atoms with Crippen molar-refractivity contribution >= 4 is 0 Å². The molecule has 0 aliphatic rings. The number of aromatic nitrogens is 3. The molecule has 6 heteroatoms. The van der Waals surface area contributed by atoms with E-state index in [1.807, 2.05) is 0 Å². The molecule has 0 atom stereocenters. The first-order chi connectivity index (χ1) is 7.22. The number of nitrogens with one attached hydrogen (secondary N) is 2. The van der Waals surface area contributed by atoms with Gasteiger partial charge in [-0.15, -0.1) is 0 Å². The van der Waals surface area contributed by atoms with Gasteiger partial charge in [0.1, 0.15) is 5.75 Å². The van der Waals surface area contributed by atoms with Crippen molar-refractivity contribution in [3.05, 3.63) is 45.2 Å². The Morgan fingerprint density at radius 1 is 1.07 bits per heavy atom. The highest BCUT2D eigenvalue weighted by molar-refractivity contribution is 5.36. The number of aromatic amines is 2. The van der Waals surface area contributed by atoms with Gasteiger partial charge in [0.05, 0.1) is 12.8 Å². The van der Waals surface area contributed by atoms with Crippen LogP contribution in [0.1, 0.15) is 0 Å². The van der Waals surface area contributed by atoms with Gasteiger partial charge in [0.15, 0.2) is 0 Å². The number of hydrogen-bond donors (Lipinski definition) is 2. The maximum atomic E-state index is 11.2. The average molecular weight is 207 g/mol. The van der Waals surface area contributed by atoms with Crippen LogP contribution in [0.4, 0.5) is 0 Å². The largest absolute Gasteiger partial charge is 0.497 e. The lowest BCUT2D eigenvalue weighted by atomic mass is 10.3. The van der Waals surface area contributed by atoms with Gasteiger partial charge in [0, 0.05) is 0 Å². The molecule has 6 nitrogen and oxygen atoms in total. The number of methoxy groups -OCH3 is 1. The van der Waals surface area contributed by atoms with E-state index in [-0.39, 0.29) is 0 Å². The van der Waals surface area contributed by atoms with E-state index in [0.717, 1.165) is 4.57 Å². The molecule has 1 aromatic carbocycles. The molecule has 1 aromatic heterocycles. The zero-order valence-corrected chi connectivity index (χ0v) is 7.98. The molecule has 1 heterocycles. The summed E-state index contributed by atoms with van der Waals surface area (Å²) in [6, 6.07) is 6.61. The minimum Gasteiger partial charge on any atom is -0.497 e. The van der Waals surface area contributed by atoms with Crippen LogP contribution in [0.25, 0.3) is 5.69 Å². The van der Waals surface area contributed by atoms with Crippen molar-refractivity contribution in [2.75, 3.05) is 7.11 Å². The van der Waals surface area contributed by atoms with Gasteiger partial charge in [0.2, 0.25) is 0 Å². The Labute approximate surface area is 84.1 Å². The molecule has 0 aliphatic carbocycles. The molecule has 0 spiro atoms. The molecule has 0 saturated carbocycles. The Morgan fingerprint density at radius 2 is 1.60 bits per heavy atom. The standard InChI is InChI=1S/C9H9N3O3/c1-15-7-4-2-6(3-5-7)12-8(13)10-11-9(12)14/h2-5H,1H3,(H,10,13)(H,11,14). The van der Waals surface area contributed by atoms with E-state index in [2.05, 4.69) is 10.2 Å². The van der Waals surface area contributed by atoms with Gasteiger partial charge in [-0.1, -0.05) is 0 Å². The highest BCUT2D eigenvalue weighted by atomic mass is 16.5. The summed E-state index contributed by atoms with van der Waals surface area (Å²) in [4.78, 5) is 22.5. The minimum absolute atomic E-state index is 0.489. The summed E-state index contributed by atoms with van der Waals surface area (Å²) in [6.07, 6.45) is 0. The van der Waals surface area contributed by atoms with Crippen LogP contribution in [0.2, 0.25) is 0 Å². The summed E-state index contributed by atoms with van der Waals surface area (Å²) in [5.41, 5.74) is -0.501. The lowest BCUT2D eigenvalue weighted by molar-refractivity contribution is 0.414. The van der Waals surface area contributed by atoms with E-state index in [0.29, 0.717) is 11.4 Å². The average Bonchev–Trinajstić information content (AvgIpc) is 2.59. The second kappa shape index (κ2) is 3.49. The SMILES string of the molecule is COc1ccc(-n2c(=O)[nH][nH]c2=O)cc1. The zero-order chi connectivity index (χ0) is 10.8. The van der Waals surface area contributed by atoms with Crippen molar-refractivity contribution in [2.45, 2.75) is 0 Å². The summed E-state index contributed by atoms with van der Waals surface area (Å²) in [7, 11) is 1.55. The van der Waals surface area contributed by atoms with Crippen molar-refractivity contribution in [3.63, 3.8) is 0 Å². The van der Waals surface area contributed by atoms with Gasteiger partial charge in [-0.3, -0.25) is 0 Å². The molecule has 0 amide bonds. The summed E-state index contributed by atoms with van der Waals surface area (Å²) >= 11 is 0. The molecule has 2 aromatic rings. The van der Waals surface area contributed by atoms with Crippen LogP contribution in [0.3, 0.4) is 0 Å². The van der Waals surface area contributed by atoms with Crippen LogP contribution < -0.4 is 16.1 Å². The van der Waals surface area contributed by atoms with Gasteiger partial charge in [-0.2, -0.15) is 0 Å². The van der Waals surface area contributed by atoms with Gasteiger partial charge in [-0.25, -0.2) is 24.4 Å². The van der Waals surface area contributed by atoms with E-state index in [1.165, 1.54) is 0 Å². The third kappa shape index (κ3) is 1.56. The van der Waals surface area contributed by atoms with E-state index < -0.39 is 11.4 Å². The van der Waals surface area contributed by atoms with Crippen molar-refractivity contribution in [1.29, 1.82) is 0 Å². The Balaban J connectivity index is 2.55. The number of nitrogens with zero attached hydrogens (tertiary/aromatic N) is 1. The van der Waals surface area contributed by atoms with E-state index in [9.17, 15) is 9.59 Å². The quantitative estimate of drug-likeness (QED) is 0.719. The van der Waals surface area contributed by atoms with Crippen molar-refractivity contribution in [3.8, 4) is 11.4 Å². The lowest BCUT2D eigenvalue weighted by Crippen LogP contribution is -2.24. The fraction of sp³-hybridized carbons (Fsp3) is 0.111. The van der Waals surface area contributed by atoms with Gasteiger partial charge in [0.25, 0.3) is 0 Å². The molecule has 2 N–H and O–H groups in total. The fourth-order valence-corrected chi connectivity index (χ4v) is 1.28. The summed E-state index contributed by atoms with van der Waals surface area (Å²) in [6.45, 7) is 0. The van der Waals surface area contributed by atoms with Crippen LogP contribution >= 0.6 is 0 Å². The number of benzene rings is 1. The predicted octanol–water partition coefficient (Wildman–Crippen LogP) is -0.138. The predicted molar refractivity (Wildman–Crippen MR) is 53.6 cm³/mol. The second-order valence-corrected chi connectivity index (χ2v) is 2.89. The zero-order valence-electron chi connectivity index (χ0n) is 7.98. The van der Waals surface area contributed by atoms with Gasteiger partial charge < -0.3 is 4.74 Å². The normalized spacial score (nSPS) is 10.2. The van der Waals surface area contributed by atoms with Crippen LogP contribution in [-0.4, -0.2) is 21.9 Å². The van der Waals surface area contributed by atoms with E-state index >= 15 is 0 Å². The summed E-state index contributed by atoms with van der Waals surface area (Å²) < 4.78 is 5.97. The van der Waals surface area contributed by atoms with Gasteiger partial charge >= 0.3 is 11.4 Å². The van der Waals surface area contributed by atoms with E-state index in [1.54, 1.807) is 31.4 Å². The molecule has 0 bridgehead atoms. The van der Waals surface area contributed by atoms with Crippen molar-refractivity contribution in [2.24, 2.45) is 0 Å². The molecular weight excluding hydrogens is 198 g/mol. The molecule has 2 rings (SSSR count). The van der Waals surface area contributed by atoms with Crippen LogP contribution in [0.15, 0.2) is 33.9 Å². The topological polar surface area (TPSA) is 79.9 Å². The Kier molecular flexibility index (Phi) is 2.17. The highest BCUT2D eigenvalue weighted by Gasteiger charge is 2.04. The summed E-state index contributed by atoms with van der Waals surface area (Å²) in [5.74, 6) is 0.666. The smallest absolute Gasteiger partial charge is 0.348 e. The Morgan fingerprint density at radius 3 is 2.07 bits per heavy atom. The second-order valence-electron chi connectivity index (χ2n) is 2.89. The summed E-state index contributed by atoms with van der Waals surface area (Å²) in [5, 5.41) is 4.41. The molecular formula is C9H9N3O3. The first kappa shape index (κ1) is 9.32. The maximum absolute atomic E-state index is 11.2. The third-order valence-electron chi connectivity index (χ3n) is 2.01. The molecule has 0 fully saturated rings. The van der Waals surface area contributed by atoms with Gasteiger partial charge in [-0.05, 0) is 24.3 Å². The first-order valence-electron chi connectivity index (χ1n) is 4.26. The number of ether oxygens (including phenoxy) is 1. The maximum Gasteiger partial charge on any atom is 0.348 e. The monoisotopic (exact) mass is 207 g/mol. The van der Waals surface area contributed by atoms with Crippen molar-refractivity contribution in [1.82, 2.24) is 14.8 Å². The molecule has 0 aliphatic heterocycles. The molecule has 0 unspecified atom stereocenters. The molecule has 0 radical (unpaired) electrons. The van der Waals surface area contributed by atoms with Crippen LogP contribution in [-0.2, 0) is 0 Å². The molecule has 15 heavy (non-hydrogen) atoms. The Bertz CT molecular complexity index is 534. The lowest BCUT2D eigenvalue weighted by Gasteiger charge is -2.01. The van der Waals surface area contributed by atoms with Crippen LogP contribution in [0, 0.1) is 0 Å². The fourth-order valence-electron chi connectivity index (χ4n) is 1.28. The molecule has 78 valence electrons. The molecule has 0 saturated heterocycles. The van der Waals surface area contributed by atoms with Crippen LogP contribution in [0.5, 0.6) is 5.75 Å². The number of hydrogen-bond acceptors (Lipinski definition) is 3. The van der Waals surface area contributed by atoms with Crippen molar-refractivity contribution < 1.29 is 4.74 Å². The highest BCUT2D eigenvalue weighted by Crippen LogP contribution is 2.11.